The van der Waals surface area contributed by atoms with Gasteiger partial charge in [-0.2, -0.15) is 0 Å². The van der Waals surface area contributed by atoms with E-state index in [-0.39, 0.29) is 30.1 Å². The first-order chi connectivity index (χ1) is 9.96. The van der Waals surface area contributed by atoms with Gasteiger partial charge in [-0.05, 0) is 19.3 Å². The molecule has 0 bridgehead atoms. The Morgan fingerprint density at radius 1 is 1.14 bits per heavy atom. The minimum absolute atomic E-state index is 0.0107. The molecule has 0 unspecified atom stereocenters. The van der Waals surface area contributed by atoms with E-state index in [9.17, 15) is 14.4 Å². The van der Waals surface area contributed by atoms with Gasteiger partial charge in [0.1, 0.15) is 0 Å². The van der Waals surface area contributed by atoms with Gasteiger partial charge in [0, 0.05) is 32.5 Å². The van der Waals surface area contributed by atoms with E-state index in [2.05, 4.69) is 10.1 Å². The van der Waals surface area contributed by atoms with E-state index in [0.29, 0.717) is 26.1 Å². The first-order valence-electron chi connectivity index (χ1n) is 7.56. The van der Waals surface area contributed by atoms with Crippen LogP contribution in [0.2, 0.25) is 0 Å². The first kappa shape index (κ1) is 19.4. The topological polar surface area (TPSA) is 75.7 Å². The molecule has 0 atom stereocenters. The number of methoxy groups -OCH3 is 1. The quantitative estimate of drug-likeness (QED) is 0.488. The Labute approximate surface area is 127 Å². The standard InChI is InChI=1S/C15H28N2O4/c1-5-13(6-2)15(20)17(11-8-14(19)21-4)10-7-9-16-12(3)18/h13H,5-11H2,1-4H3,(H,16,18). The number of esters is 1. The second kappa shape index (κ2) is 11.1. The molecule has 0 radical (unpaired) electrons. The van der Waals surface area contributed by atoms with E-state index in [1.165, 1.54) is 14.0 Å². The van der Waals surface area contributed by atoms with Crippen LogP contribution in [0.3, 0.4) is 0 Å². The fourth-order valence-electron chi connectivity index (χ4n) is 2.09. The van der Waals surface area contributed by atoms with Crippen LogP contribution in [0.4, 0.5) is 0 Å². The van der Waals surface area contributed by atoms with E-state index in [4.69, 9.17) is 0 Å². The Morgan fingerprint density at radius 3 is 2.24 bits per heavy atom. The van der Waals surface area contributed by atoms with Crippen LogP contribution in [0, 0.1) is 5.92 Å². The molecule has 2 amide bonds. The van der Waals surface area contributed by atoms with E-state index in [1.54, 1.807) is 4.90 Å². The molecule has 0 aliphatic rings. The van der Waals surface area contributed by atoms with Crippen molar-refractivity contribution in [1.29, 1.82) is 0 Å². The molecule has 0 aromatic heterocycles. The van der Waals surface area contributed by atoms with Gasteiger partial charge in [-0.3, -0.25) is 14.4 Å². The number of carbonyl (C=O) groups excluding carboxylic acids is 3. The smallest absolute Gasteiger partial charge is 0.307 e. The maximum Gasteiger partial charge on any atom is 0.307 e. The zero-order valence-electron chi connectivity index (χ0n) is 13.6. The van der Waals surface area contributed by atoms with Crippen LogP contribution in [0.5, 0.6) is 0 Å². The molecule has 0 spiro atoms. The molecule has 0 rings (SSSR count). The molecule has 0 saturated carbocycles. The van der Waals surface area contributed by atoms with Crippen LogP contribution in [0.15, 0.2) is 0 Å². The maximum atomic E-state index is 12.4. The number of carbonyl (C=O) groups is 3. The largest absolute Gasteiger partial charge is 0.469 e. The SMILES string of the molecule is CCC(CC)C(=O)N(CCCNC(C)=O)CCC(=O)OC. The summed E-state index contributed by atoms with van der Waals surface area (Å²) in [5, 5.41) is 2.70. The van der Waals surface area contributed by atoms with Crippen LogP contribution in [0.1, 0.15) is 46.5 Å². The monoisotopic (exact) mass is 300 g/mol. The predicted molar refractivity (Wildman–Crippen MR) is 80.6 cm³/mol. The van der Waals surface area contributed by atoms with E-state index in [1.807, 2.05) is 13.8 Å². The molecular weight excluding hydrogens is 272 g/mol. The van der Waals surface area contributed by atoms with Crippen LogP contribution >= 0.6 is 0 Å². The first-order valence-corrected chi connectivity index (χ1v) is 7.56. The van der Waals surface area contributed by atoms with Crippen molar-refractivity contribution in [2.45, 2.75) is 46.5 Å². The van der Waals surface area contributed by atoms with Crippen LogP contribution < -0.4 is 5.32 Å². The molecule has 122 valence electrons. The zero-order chi connectivity index (χ0) is 16.3. The summed E-state index contributed by atoms with van der Waals surface area (Å²) >= 11 is 0. The van der Waals surface area contributed by atoms with Crippen molar-refractivity contribution in [3.05, 3.63) is 0 Å². The van der Waals surface area contributed by atoms with Gasteiger partial charge in [0.25, 0.3) is 0 Å². The third-order valence-electron chi connectivity index (χ3n) is 3.44. The van der Waals surface area contributed by atoms with Crippen molar-refractivity contribution in [3.63, 3.8) is 0 Å². The van der Waals surface area contributed by atoms with Crippen molar-refractivity contribution >= 4 is 17.8 Å². The number of amides is 2. The summed E-state index contributed by atoms with van der Waals surface area (Å²) < 4.78 is 4.62. The zero-order valence-corrected chi connectivity index (χ0v) is 13.6. The van der Waals surface area contributed by atoms with Gasteiger partial charge in [-0.1, -0.05) is 13.8 Å². The molecule has 1 N–H and O–H groups in total. The highest BCUT2D eigenvalue weighted by Gasteiger charge is 2.21. The summed E-state index contributed by atoms with van der Waals surface area (Å²) in [7, 11) is 1.34. The number of nitrogens with zero attached hydrogens (tertiary/aromatic N) is 1. The molecular formula is C15H28N2O4. The molecule has 21 heavy (non-hydrogen) atoms. The molecule has 6 heteroatoms. The predicted octanol–water partition coefficient (Wildman–Crippen LogP) is 1.34. The number of rotatable bonds is 10. The Morgan fingerprint density at radius 2 is 1.76 bits per heavy atom. The molecule has 0 fully saturated rings. The molecule has 0 heterocycles. The van der Waals surface area contributed by atoms with Gasteiger partial charge in [-0.15, -0.1) is 0 Å². The fraction of sp³-hybridized carbons (Fsp3) is 0.800. The third-order valence-corrected chi connectivity index (χ3v) is 3.44. The average molecular weight is 300 g/mol. The summed E-state index contributed by atoms with van der Waals surface area (Å²) in [4.78, 5) is 36.2. The Kier molecular flexibility index (Phi) is 10.3. The van der Waals surface area contributed by atoms with Gasteiger partial charge >= 0.3 is 5.97 Å². The van der Waals surface area contributed by atoms with Gasteiger partial charge < -0.3 is 15.0 Å². The molecule has 6 nitrogen and oxygen atoms in total. The lowest BCUT2D eigenvalue weighted by molar-refractivity contribution is -0.142. The normalized spacial score (nSPS) is 10.3. The van der Waals surface area contributed by atoms with Crippen molar-refractivity contribution in [1.82, 2.24) is 10.2 Å². The highest BCUT2D eigenvalue weighted by atomic mass is 16.5. The van der Waals surface area contributed by atoms with E-state index in [0.717, 1.165) is 12.8 Å². The van der Waals surface area contributed by atoms with E-state index >= 15 is 0 Å². The van der Waals surface area contributed by atoms with Crippen molar-refractivity contribution in [2.75, 3.05) is 26.7 Å². The van der Waals surface area contributed by atoms with Crippen molar-refractivity contribution in [2.24, 2.45) is 5.92 Å². The van der Waals surface area contributed by atoms with Gasteiger partial charge in [0.05, 0.1) is 13.5 Å². The molecule has 0 aliphatic heterocycles. The fourth-order valence-corrected chi connectivity index (χ4v) is 2.09. The summed E-state index contributed by atoms with van der Waals surface area (Å²) in [5.74, 6) is -0.336. The van der Waals surface area contributed by atoms with Gasteiger partial charge in [0.2, 0.25) is 11.8 Å². The molecule has 0 aromatic carbocycles. The van der Waals surface area contributed by atoms with Crippen LogP contribution in [-0.2, 0) is 19.1 Å². The van der Waals surface area contributed by atoms with Crippen molar-refractivity contribution in [3.8, 4) is 0 Å². The van der Waals surface area contributed by atoms with Crippen LogP contribution in [0.25, 0.3) is 0 Å². The Bertz CT molecular complexity index is 341. The number of hydrogen-bond acceptors (Lipinski definition) is 4. The minimum Gasteiger partial charge on any atom is -0.469 e. The van der Waals surface area contributed by atoms with Gasteiger partial charge in [0.15, 0.2) is 0 Å². The summed E-state index contributed by atoms with van der Waals surface area (Å²) in [6, 6.07) is 0. The second-order valence-corrected chi connectivity index (χ2v) is 5.00. The molecule has 0 saturated heterocycles. The molecule has 0 aliphatic carbocycles. The lowest BCUT2D eigenvalue weighted by Crippen LogP contribution is -2.39. The average Bonchev–Trinajstić information content (AvgIpc) is 2.46. The van der Waals surface area contributed by atoms with Crippen LogP contribution in [-0.4, -0.2) is 49.4 Å². The lowest BCUT2D eigenvalue weighted by atomic mass is 10.0. The van der Waals surface area contributed by atoms with Gasteiger partial charge in [-0.25, -0.2) is 0 Å². The maximum absolute atomic E-state index is 12.4. The Hall–Kier alpha value is -1.59. The third kappa shape index (κ3) is 8.32. The summed E-state index contributed by atoms with van der Waals surface area (Å²) in [6.45, 7) is 6.86. The number of ether oxygens (including phenoxy) is 1. The lowest BCUT2D eigenvalue weighted by Gasteiger charge is -2.26. The molecule has 0 aromatic rings. The Balaban J connectivity index is 4.48. The highest BCUT2D eigenvalue weighted by Crippen LogP contribution is 2.13. The number of nitrogens with one attached hydrogen (secondary N) is 1. The summed E-state index contributed by atoms with van der Waals surface area (Å²) in [5.41, 5.74) is 0. The minimum atomic E-state index is -0.320. The second-order valence-electron chi connectivity index (χ2n) is 5.00. The van der Waals surface area contributed by atoms with Crippen molar-refractivity contribution < 1.29 is 19.1 Å². The summed E-state index contributed by atoms with van der Waals surface area (Å²) in [6.07, 6.45) is 2.45. The van der Waals surface area contributed by atoms with E-state index < -0.39 is 0 Å². The highest BCUT2D eigenvalue weighted by molar-refractivity contribution is 5.79. The number of hydrogen-bond donors (Lipinski definition) is 1.